The van der Waals surface area contributed by atoms with Gasteiger partial charge in [0.25, 0.3) is 0 Å². The predicted molar refractivity (Wildman–Crippen MR) is 63.6 cm³/mol. The number of aromatic nitrogens is 2. The van der Waals surface area contributed by atoms with Crippen molar-refractivity contribution in [3.05, 3.63) is 12.4 Å². The fourth-order valence-electron chi connectivity index (χ4n) is 1.91. The van der Waals surface area contributed by atoms with Gasteiger partial charge in [0, 0.05) is 25.8 Å². The first-order chi connectivity index (χ1) is 7.78. The summed E-state index contributed by atoms with van der Waals surface area (Å²) < 4.78 is 5.51. The molecular weight excluding hydrogens is 204 g/mol. The van der Waals surface area contributed by atoms with Gasteiger partial charge < -0.3 is 15.4 Å². The summed E-state index contributed by atoms with van der Waals surface area (Å²) in [5.74, 6) is 1.70. The molecule has 2 rings (SSSR count). The fraction of sp³-hybridized carbons (Fsp3) is 0.636. The number of nitrogens with zero attached hydrogens (tertiary/aromatic N) is 2. The van der Waals surface area contributed by atoms with E-state index in [9.17, 15) is 0 Å². The lowest BCUT2D eigenvalue weighted by atomic mass is 10.0. The molecule has 1 aliphatic rings. The Kier molecular flexibility index (Phi) is 3.56. The molecule has 1 aromatic rings. The van der Waals surface area contributed by atoms with E-state index in [-0.39, 0.29) is 0 Å². The highest BCUT2D eigenvalue weighted by Crippen LogP contribution is 2.18. The van der Waals surface area contributed by atoms with Crippen molar-refractivity contribution in [2.75, 3.05) is 24.3 Å². The molecule has 2 unspecified atom stereocenters. The predicted octanol–water partition coefficient (Wildman–Crippen LogP) is 1.50. The lowest BCUT2D eigenvalue weighted by Gasteiger charge is -2.28. The summed E-state index contributed by atoms with van der Waals surface area (Å²) in [6.07, 6.45) is 3.95. The van der Waals surface area contributed by atoms with E-state index in [1.807, 2.05) is 13.1 Å². The minimum Gasteiger partial charge on any atom is -0.378 e. The van der Waals surface area contributed by atoms with Gasteiger partial charge in [0.15, 0.2) is 0 Å². The Morgan fingerprint density at radius 1 is 1.38 bits per heavy atom. The third-order valence-electron chi connectivity index (χ3n) is 2.76. The van der Waals surface area contributed by atoms with Gasteiger partial charge in [-0.05, 0) is 19.8 Å². The van der Waals surface area contributed by atoms with Crippen LogP contribution in [0.4, 0.5) is 11.6 Å². The number of hydrogen-bond donors (Lipinski definition) is 2. The summed E-state index contributed by atoms with van der Waals surface area (Å²) in [5, 5.41) is 6.41. The quantitative estimate of drug-likeness (QED) is 0.811. The molecule has 0 amide bonds. The molecule has 2 atom stereocenters. The molecule has 1 fully saturated rings. The molecule has 1 aromatic heterocycles. The van der Waals surface area contributed by atoms with Crippen LogP contribution < -0.4 is 10.6 Å². The lowest BCUT2D eigenvalue weighted by molar-refractivity contribution is 0.0232. The van der Waals surface area contributed by atoms with E-state index in [1.54, 1.807) is 6.33 Å². The zero-order chi connectivity index (χ0) is 11.4. The van der Waals surface area contributed by atoms with Gasteiger partial charge in [-0.1, -0.05) is 0 Å². The zero-order valence-corrected chi connectivity index (χ0v) is 9.73. The molecule has 0 saturated carbocycles. The van der Waals surface area contributed by atoms with Gasteiger partial charge in [0.2, 0.25) is 0 Å². The van der Waals surface area contributed by atoms with Crippen LogP contribution in [-0.2, 0) is 4.74 Å². The maximum Gasteiger partial charge on any atom is 0.131 e. The summed E-state index contributed by atoms with van der Waals surface area (Å²) in [6, 6.07) is 2.36. The Labute approximate surface area is 95.6 Å². The second kappa shape index (κ2) is 5.12. The van der Waals surface area contributed by atoms with Crippen LogP contribution in [0, 0.1) is 0 Å². The lowest BCUT2D eigenvalue weighted by Crippen LogP contribution is -2.32. The van der Waals surface area contributed by atoms with Crippen molar-refractivity contribution in [1.29, 1.82) is 0 Å². The van der Waals surface area contributed by atoms with Gasteiger partial charge in [-0.25, -0.2) is 9.97 Å². The molecule has 1 saturated heterocycles. The van der Waals surface area contributed by atoms with E-state index < -0.39 is 0 Å². The average Bonchev–Trinajstić information content (AvgIpc) is 2.29. The highest BCUT2D eigenvalue weighted by Gasteiger charge is 2.19. The highest BCUT2D eigenvalue weighted by molar-refractivity contribution is 5.46. The Balaban J connectivity index is 1.97. The molecule has 0 aromatic carbocycles. The molecule has 16 heavy (non-hydrogen) atoms. The van der Waals surface area contributed by atoms with Gasteiger partial charge in [0.05, 0.1) is 6.10 Å². The minimum atomic E-state index is 0.330. The Hall–Kier alpha value is -1.36. The van der Waals surface area contributed by atoms with Crippen LogP contribution in [0.5, 0.6) is 0 Å². The van der Waals surface area contributed by atoms with Crippen molar-refractivity contribution in [2.24, 2.45) is 0 Å². The van der Waals surface area contributed by atoms with E-state index >= 15 is 0 Å². The van der Waals surface area contributed by atoms with Crippen LogP contribution in [0.15, 0.2) is 12.4 Å². The molecule has 5 nitrogen and oxygen atoms in total. The van der Waals surface area contributed by atoms with Crippen LogP contribution >= 0.6 is 0 Å². The van der Waals surface area contributed by atoms with E-state index in [2.05, 4.69) is 27.5 Å². The molecule has 2 N–H and O–H groups in total. The topological polar surface area (TPSA) is 59.1 Å². The summed E-state index contributed by atoms with van der Waals surface area (Å²) in [4.78, 5) is 8.28. The molecule has 2 heterocycles. The number of hydrogen-bond acceptors (Lipinski definition) is 5. The summed E-state index contributed by atoms with van der Waals surface area (Å²) in [5.41, 5.74) is 0. The van der Waals surface area contributed by atoms with E-state index in [0.717, 1.165) is 31.1 Å². The smallest absolute Gasteiger partial charge is 0.131 e. The number of rotatable bonds is 3. The Bertz CT molecular complexity index is 345. The first kappa shape index (κ1) is 11.1. The monoisotopic (exact) mass is 222 g/mol. The Morgan fingerprint density at radius 2 is 2.19 bits per heavy atom. The Morgan fingerprint density at radius 3 is 2.94 bits per heavy atom. The largest absolute Gasteiger partial charge is 0.378 e. The fourth-order valence-corrected chi connectivity index (χ4v) is 1.91. The maximum absolute atomic E-state index is 5.51. The maximum atomic E-state index is 5.51. The summed E-state index contributed by atoms with van der Waals surface area (Å²) in [7, 11) is 1.85. The molecular formula is C11H18N4O. The van der Waals surface area contributed by atoms with Gasteiger partial charge >= 0.3 is 0 Å². The van der Waals surface area contributed by atoms with Crippen molar-refractivity contribution in [3.63, 3.8) is 0 Å². The van der Waals surface area contributed by atoms with Crippen molar-refractivity contribution < 1.29 is 4.74 Å². The standard InChI is InChI=1S/C11H18N4O/c1-8-5-9(3-4-16-8)15-11-6-10(12-2)13-7-14-11/h6-9H,3-5H2,1-2H3,(H2,12,13,14,15). The summed E-state index contributed by atoms with van der Waals surface area (Å²) >= 11 is 0. The van der Waals surface area contributed by atoms with E-state index in [0.29, 0.717) is 12.1 Å². The van der Waals surface area contributed by atoms with E-state index in [4.69, 9.17) is 4.74 Å². The molecule has 88 valence electrons. The molecule has 0 aliphatic carbocycles. The van der Waals surface area contributed by atoms with Crippen molar-refractivity contribution in [1.82, 2.24) is 9.97 Å². The second-order valence-corrected chi connectivity index (χ2v) is 4.09. The van der Waals surface area contributed by atoms with Crippen molar-refractivity contribution in [3.8, 4) is 0 Å². The minimum absolute atomic E-state index is 0.330. The van der Waals surface area contributed by atoms with E-state index in [1.165, 1.54) is 0 Å². The van der Waals surface area contributed by atoms with Crippen LogP contribution in [0.1, 0.15) is 19.8 Å². The number of anilines is 2. The molecule has 0 bridgehead atoms. The first-order valence-corrected chi connectivity index (χ1v) is 5.66. The van der Waals surface area contributed by atoms with Crippen molar-refractivity contribution in [2.45, 2.75) is 31.9 Å². The summed E-state index contributed by atoms with van der Waals surface area (Å²) in [6.45, 7) is 2.93. The van der Waals surface area contributed by atoms with Gasteiger partial charge in [-0.2, -0.15) is 0 Å². The first-order valence-electron chi connectivity index (χ1n) is 5.66. The molecule has 0 radical (unpaired) electrons. The van der Waals surface area contributed by atoms with Crippen LogP contribution in [-0.4, -0.2) is 35.8 Å². The zero-order valence-electron chi connectivity index (χ0n) is 9.73. The van der Waals surface area contributed by atoms with Gasteiger partial charge in [0.1, 0.15) is 18.0 Å². The normalized spacial score (nSPS) is 25.1. The number of ether oxygens (including phenoxy) is 1. The average molecular weight is 222 g/mol. The molecule has 0 spiro atoms. The van der Waals surface area contributed by atoms with Gasteiger partial charge in [-0.15, -0.1) is 0 Å². The van der Waals surface area contributed by atoms with Gasteiger partial charge in [-0.3, -0.25) is 0 Å². The third kappa shape index (κ3) is 2.82. The van der Waals surface area contributed by atoms with Crippen LogP contribution in [0.2, 0.25) is 0 Å². The molecule has 5 heteroatoms. The SMILES string of the molecule is CNc1cc(NC2CCOC(C)C2)ncn1. The second-order valence-electron chi connectivity index (χ2n) is 4.09. The molecule has 1 aliphatic heterocycles. The van der Waals surface area contributed by atoms with Crippen molar-refractivity contribution >= 4 is 11.6 Å². The van der Waals surface area contributed by atoms with Crippen LogP contribution in [0.3, 0.4) is 0 Å². The highest BCUT2D eigenvalue weighted by atomic mass is 16.5. The number of nitrogens with one attached hydrogen (secondary N) is 2. The van der Waals surface area contributed by atoms with Crippen LogP contribution in [0.25, 0.3) is 0 Å². The third-order valence-corrected chi connectivity index (χ3v) is 2.76.